The van der Waals surface area contributed by atoms with Gasteiger partial charge in [0.25, 0.3) is 0 Å². The summed E-state index contributed by atoms with van der Waals surface area (Å²) in [6, 6.07) is 7.54. The van der Waals surface area contributed by atoms with Gasteiger partial charge in [-0.3, -0.25) is 4.79 Å². The maximum atomic E-state index is 12.4. The number of anilines is 1. The standard InChI is InChI=1S/C19H23NO4S/c1-6-24-14-9-7-13(8-10-14)15-12(4)25-18(16(15)19(22)23-5)20-17(21)11(2)3/h7-11H,6H2,1-5H3,(H,20,21). The van der Waals surface area contributed by atoms with Gasteiger partial charge < -0.3 is 14.8 Å². The summed E-state index contributed by atoms with van der Waals surface area (Å²) >= 11 is 1.38. The zero-order chi connectivity index (χ0) is 18.6. The minimum absolute atomic E-state index is 0.135. The molecule has 0 aliphatic carbocycles. The molecule has 2 aromatic rings. The number of aryl methyl sites for hydroxylation is 1. The molecule has 0 aliphatic heterocycles. The molecular weight excluding hydrogens is 338 g/mol. The molecule has 134 valence electrons. The van der Waals surface area contributed by atoms with Crippen molar-refractivity contribution in [3.05, 3.63) is 34.7 Å². The Morgan fingerprint density at radius 1 is 1.20 bits per heavy atom. The van der Waals surface area contributed by atoms with E-state index in [1.807, 2.05) is 38.1 Å². The zero-order valence-electron chi connectivity index (χ0n) is 15.1. The normalized spacial score (nSPS) is 10.6. The van der Waals surface area contributed by atoms with Crippen LogP contribution in [0.5, 0.6) is 5.75 Å². The summed E-state index contributed by atoms with van der Waals surface area (Å²) < 4.78 is 10.4. The number of nitrogens with one attached hydrogen (secondary N) is 1. The van der Waals surface area contributed by atoms with Crippen LogP contribution in [0, 0.1) is 12.8 Å². The smallest absolute Gasteiger partial charge is 0.341 e. The van der Waals surface area contributed by atoms with E-state index in [9.17, 15) is 9.59 Å². The average Bonchev–Trinajstić information content (AvgIpc) is 2.91. The number of hydrogen-bond donors (Lipinski definition) is 1. The fraction of sp³-hybridized carbons (Fsp3) is 0.368. The van der Waals surface area contributed by atoms with Gasteiger partial charge in [-0.15, -0.1) is 11.3 Å². The highest BCUT2D eigenvalue weighted by Crippen LogP contribution is 2.40. The predicted molar refractivity (Wildman–Crippen MR) is 100 cm³/mol. The number of ether oxygens (including phenoxy) is 2. The van der Waals surface area contributed by atoms with Crippen LogP contribution in [0.2, 0.25) is 0 Å². The third-order valence-electron chi connectivity index (χ3n) is 3.69. The third kappa shape index (κ3) is 4.20. The molecule has 0 saturated heterocycles. The van der Waals surface area contributed by atoms with Crippen LogP contribution in [0.15, 0.2) is 24.3 Å². The molecule has 5 nitrogen and oxygen atoms in total. The van der Waals surface area contributed by atoms with E-state index in [-0.39, 0.29) is 11.8 Å². The second-order valence-electron chi connectivity index (χ2n) is 5.83. The summed E-state index contributed by atoms with van der Waals surface area (Å²) in [5.74, 6) is -0.00847. The van der Waals surface area contributed by atoms with Gasteiger partial charge in [-0.25, -0.2) is 4.79 Å². The van der Waals surface area contributed by atoms with Gasteiger partial charge in [0, 0.05) is 16.4 Å². The maximum Gasteiger partial charge on any atom is 0.341 e. The Hall–Kier alpha value is -2.34. The van der Waals surface area contributed by atoms with Crippen molar-refractivity contribution in [2.75, 3.05) is 19.0 Å². The first-order valence-electron chi connectivity index (χ1n) is 8.14. The molecule has 0 unspecified atom stereocenters. The fourth-order valence-corrected chi connectivity index (χ4v) is 3.49. The second-order valence-corrected chi connectivity index (χ2v) is 7.06. The van der Waals surface area contributed by atoms with Crippen molar-refractivity contribution >= 4 is 28.2 Å². The molecule has 2 rings (SSSR count). The summed E-state index contributed by atoms with van der Waals surface area (Å²) in [7, 11) is 1.34. The van der Waals surface area contributed by atoms with E-state index >= 15 is 0 Å². The molecule has 0 spiro atoms. The number of benzene rings is 1. The Morgan fingerprint density at radius 2 is 1.84 bits per heavy atom. The number of rotatable bonds is 6. The van der Waals surface area contributed by atoms with Crippen LogP contribution >= 0.6 is 11.3 Å². The molecule has 25 heavy (non-hydrogen) atoms. The predicted octanol–water partition coefficient (Wildman–Crippen LogP) is 4.50. The fourth-order valence-electron chi connectivity index (χ4n) is 2.42. The van der Waals surface area contributed by atoms with Crippen molar-refractivity contribution in [2.45, 2.75) is 27.7 Å². The van der Waals surface area contributed by atoms with Crippen LogP contribution in [0.1, 0.15) is 36.0 Å². The lowest BCUT2D eigenvalue weighted by molar-refractivity contribution is -0.118. The number of thiophene rings is 1. The quantitative estimate of drug-likeness (QED) is 0.769. The maximum absolute atomic E-state index is 12.4. The highest BCUT2D eigenvalue weighted by molar-refractivity contribution is 7.17. The van der Waals surface area contributed by atoms with E-state index in [0.29, 0.717) is 17.2 Å². The van der Waals surface area contributed by atoms with Crippen molar-refractivity contribution in [1.29, 1.82) is 0 Å². The second kappa shape index (κ2) is 8.16. The third-order valence-corrected chi connectivity index (χ3v) is 4.71. The molecule has 1 aromatic carbocycles. The Balaban J connectivity index is 2.51. The molecule has 0 bridgehead atoms. The molecule has 0 fully saturated rings. The molecule has 1 N–H and O–H groups in total. The lowest BCUT2D eigenvalue weighted by Gasteiger charge is -2.10. The van der Waals surface area contributed by atoms with Crippen LogP contribution in [-0.4, -0.2) is 25.6 Å². The Labute approximate surface area is 152 Å². The van der Waals surface area contributed by atoms with Gasteiger partial charge in [0.05, 0.1) is 13.7 Å². The lowest BCUT2D eigenvalue weighted by atomic mass is 10.0. The first kappa shape index (κ1) is 19.0. The van der Waals surface area contributed by atoms with Gasteiger partial charge in [0.2, 0.25) is 5.91 Å². The summed E-state index contributed by atoms with van der Waals surface area (Å²) in [4.78, 5) is 25.4. The Morgan fingerprint density at radius 3 is 2.36 bits per heavy atom. The van der Waals surface area contributed by atoms with Gasteiger partial charge in [0.15, 0.2) is 0 Å². The van der Waals surface area contributed by atoms with Crippen LogP contribution < -0.4 is 10.1 Å². The summed E-state index contributed by atoms with van der Waals surface area (Å²) in [6.45, 7) is 8.06. The van der Waals surface area contributed by atoms with Gasteiger partial charge in [-0.05, 0) is 31.5 Å². The molecule has 0 radical (unpaired) electrons. The van der Waals surface area contributed by atoms with Crippen molar-refractivity contribution in [2.24, 2.45) is 5.92 Å². The lowest BCUT2D eigenvalue weighted by Crippen LogP contribution is -2.18. The molecular formula is C19H23NO4S. The van der Waals surface area contributed by atoms with E-state index in [4.69, 9.17) is 9.47 Å². The van der Waals surface area contributed by atoms with E-state index in [0.717, 1.165) is 21.8 Å². The van der Waals surface area contributed by atoms with E-state index < -0.39 is 5.97 Å². The highest BCUT2D eigenvalue weighted by atomic mass is 32.1. The largest absolute Gasteiger partial charge is 0.494 e. The molecule has 1 aromatic heterocycles. The van der Waals surface area contributed by atoms with Crippen LogP contribution in [0.3, 0.4) is 0 Å². The molecule has 6 heteroatoms. The van der Waals surface area contributed by atoms with Crippen molar-refractivity contribution in [3.63, 3.8) is 0 Å². The van der Waals surface area contributed by atoms with Crippen LogP contribution in [0.25, 0.3) is 11.1 Å². The number of carbonyl (C=O) groups excluding carboxylic acids is 2. The number of hydrogen-bond acceptors (Lipinski definition) is 5. The van der Waals surface area contributed by atoms with Gasteiger partial charge >= 0.3 is 5.97 Å². The van der Waals surface area contributed by atoms with Crippen LogP contribution in [-0.2, 0) is 9.53 Å². The Kier molecular flexibility index (Phi) is 6.20. The summed E-state index contributed by atoms with van der Waals surface area (Å²) in [5, 5.41) is 3.36. The number of methoxy groups -OCH3 is 1. The molecule has 0 aliphatic rings. The molecule has 0 atom stereocenters. The summed E-state index contributed by atoms with van der Waals surface area (Å²) in [5.41, 5.74) is 2.05. The molecule has 1 heterocycles. The van der Waals surface area contributed by atoms with Crippen molar-refractivity contribution in [3.8, 4) is 16.9 Å². The van der Waals surface area contributed by atoms with Crippen molar-refractivity contribution in [1.82, 2.24) is 0 Å². The first-order valence-corrected chi connectivity index (χ1v) is 8.96. The van der Waals surface area contributed by atoms with Crippen molar-refractivity contribution < 1.29 is 19.1 Å². The Bertz CT molecular complexity index is 762. The van der Waals surface area contributed by atoms with E-state index in [2.05, 4.69) is 5.32 Å². The van der Waals surface area contributed by atoms with Gasteiger partial charge in [0.1, 0.15) is 16.3 Å². The van der Waals surface area contributed by atoms with Crippen LogP contribution in [0.4, 0.5) is 5.00 Å². The van der Waals surface area contributed by atoms with Gasteiger partial charge in [-0.1, -0.05) is 26.0 Å². The topological polar surface area (TPSA) is 64.6 Å². The zero-order valence-corrected chi connectivity index (χ0v) is 16.0. The average molecular weight is 361 g/mol. The highest BCUT2D eigenvalue weighted by Gasteiger charge is 2.25. The van der Waals surface area contributed by atoms with E-state index in [1.165, 1.54) is 18.4 Å². The minimum atomic E-state index is -0.465. The number of esters is 1. The van der Waals surface area contributed by atoms with E-state index in [1.54, 1.807) is 13.8 Å². The van der Waals surface area contributed by atoms with Gasteiger partial charge in [-0.2, -0.15) is 0 Å². The monoisotopic (exact) mass is 361 g/mol. The number of amides is 1. The molecule has 1 amide bonds. The minimum Gasteiger partial charge on any atom is -0.494 e. The first-order chi connectivity index (χ1) is 11.9. The SMILES string of the molecule is CCOc1ccc(-c2c(C)sc(NC(=O)C(C)C)c2C(=O)OC)cc1. The molecule has 0 saturated carbocycles. The number of carbonyl (C=O) groups is 2. The summed E-state index contributed by atoms with van der Waals surface area (Å²) in [6.07, 6.45) is 0.